The summed E-state index contributed by atoms with van der Waals surface area (Å²) >= 11 is 8.62. The van der Waals surface area contributed by atoms with Crippen LogP contribution >= 0.6 is 28.1 Å². The lowest BCUT2D eigenvalue weighted by Gasteiger charge is -2.15. The molecule has 9 heteroatoms. The van der Waals surface area contributed by atoms with Gasteiger partial charge >= 0.3 is 0 Å². The van der Waals surface area contributed by atoms with Gasteiger partial charge in [0.25, 0.3) is 11.5 Å². The Morgan fingerprint density at radius 1 is 0.811 bits per heavy atom. The second-order valence-electron chi connectivity index (χ2n) is 8.05. The van der Waals surface area contributed by atoms with Crippen LogP contribution in [-0.2, 0) is 0 Å². The lowest BCUT2D eigenvalue weighted by Crippen LogP contribution is -2.43. The highest BCUT2D eigenvalue weighted by molar-refractivity contribution is 9.10. The van der Waals surface area contributed by atoms with Gasteiger partial charge in [-0.05, 0) is 72.9 Å². The van der Waals surface area contributed by atoms with E-state index in [1.165, 1.54) is 0 Å². The van der Waals surface area contributed by atoms with E-state index in [0.29, 0.717) is 28.0 Å². The average Bonchev–Trinajstić information content (AvgIpc) is 2.93. The second-order valence-corrected chi connectivity index (χ2v) is 9.37. The summed E-state index contributed by atoms with van der Waals surface area (Å²) in [5, 5.41) is 3.75. The van der Waals surface area contributed by atoms with Crippen molar-refractivity contribution in [3.63, 3.8) is 0 Å². The average molecular weight is 570 g/mol. The van der Waals surface area contributed by atoms with Gasteiger partial charge in [0.05, 0.1) is 16.6 Å². The number of amides is 1. The second kappa shape index (κ2) is 10.7. The monoisotopic (exact) mass is 569 g/mol. The van der Waals surface area contributed by atoms with Crippen LogP contribution in [0.25, 0.3) is 28.0 Å². The number of para-hydroxylation sites is 1. The Hall–Kier alpha value is -4.34. The highest BCUT2D eigenvalue weighted by Crippen LogP contribution is 2.22. The molecule has 182 valence electrons. The van der Waals surface area contributed by atoms with Gasteiger partial charge in [0.1, 0.15) is 5.82 Å². The molecule has 5 aromatic rings. The number of carbonyl (C=O) groups is 1. The zero-order valence-electron chi connectivity index (χ0n) is 19.3. The normalized spacial score (nSPS) is 10.6. The van der Waals surface area contributed by atoms with E-state index in [0.717, 1.165) is 15.7 Å². The van der Waals surface area contributed by atoms with E-state index < -0.39 is 0 Å². The molecule has 5 rings (SSSR count). The van der Waals surface area contributed by atoms with Crippen LogP contribution in [0.2, 0.25) is 0 Å². The molecule has 1 aromatic heterocycles. The van der Waals surface area contributed by atoms with Gasteiger partial charge in [0.2, 0.25) is 0 Å². The Morgan fingerprint density at radius 2 is 1.49 bits per heavy atom. The summed E-state index contributed by atoms with van der Waals surface area (Å²) in [6.07, 6.45) is 0. The first-order valence-corrected chi connectivity index (χ1v) is 12.5. The molecular weight excluding hydrogens is 550 g/mol. The van der Waals surface area contributed by atoms with Crippen LogP contribution in [0, 0.1) is 0 Å². The molecule has 7 nitrogen and oxygen atoms in total. The maximum atomic E-state index is 13.5. The first-order valence-electron chi connectivity index (χ1n) is 11.3. The Morgan fingerprint density at radius 3 is 2.22 bits per heavy atom. The molecule has 0 unspecified atom stereocenters. The molecule has 0 saturated heterocycles. The molecule has 3 N–H and O–H groups in total. The Labute approximate surface area is 226 Å². The van der Waals surface area contributed by atoms with Crippen molar-refractivity contribution in [2.24, 2.45) is 0 Å². The van der Waals surface area contributed by atoms with Gasteiger partial charge in [-0.2, -0.15) is 0 Å². The standard InChI is InChI=1S/C28H20BrN5O2S/c29-20-12-14-21(15-13-20)30-28(37)33-32-26(35)19-10-16-22(17-11-19)34-25(18-6-2-1-3-7-18)31-24-9-5-4-8-23(24)27(34)36/h1-17H,(H,32,35)(H2,30,33,37). The highest BCUT2D eigenvalue weighted by Gasteiger charge is 2.15. The zero-order valence-corrected chi connectivity index (χ0v) is 21.7. The lowest BCUT2D eigenvalue weighted by atomic mass is 10.1. The molecular formula is C28H20BrN5O2S. The quantitative estimate of drug-likeness (QED) is 0.197. The van der Waals surface area contributed by atoms with Crippen molar-refractivity contribution in [1.82, 2.24) is 20.4 Å². The number of hydrogen-bond acceptors (Lipinski definition) is 4. The molecule has 0 spiro atoms. The van der Waals surface area contributed by atoms with Crippen LogP contribution in [0.4, 0.5) is 5.69 Å². The van der Waals surface area contributed by atoms with Crippen molar-refractivity contribution in [2.45, 2.75) is 0 Å². The Balaban J connectivity index is 1.38. The maximum absolute atomic E-state index is 13.5. The first-order chi connectivity index (χ1) is 18.0. The third-order valence-corrected chi connectivity index (χ3v) is 6.32. The number of nitrogens with one attached hydrogen (secondary N) is 3. The number of thiocarbonyl (C=S) groups is 1. The van der Waals surface area contributed by atoms with Crippen LogP contribution < -0.4 is 21.7 Å². The van der Waals surface area contributed by atoms with Crippen LogP contribution in [-0.4, -0.2) is 20.6 Å². The fraction of sp³-hybridized carbons (Fsp3) is 0. The number of anilines is 1. The van der Waals surface area contributed by atoms with Crippen molar-refractivity contribution >= 4 is 55.8 Å². The summed E-state index contributed by atoms with van der Waals surface area (Å²) in [5.74, 6) is 0.145. The molecule has 37 heavy (non-hydrogen) atoms. The molecule has 0 bridgehead atoms. The number of hydrogen-bond donors (Lipinski definition) is 3. The summed E-state index contributed by atoms with van der Waals surface area (Å²) in [4.78, 5) is 31.0. The van der Waals surface area contributed by atoms with Crippen molar-refractivity contribution in [3.8, 4) is 17.1 Å². The van der Waals surface area contributed by atoms with Gasteiger partial charge in [-0.1, -0.05) is 58.4 Å². The number of hydrazine groups is 1. The maximum Gasteiger partial charge on any atom is 0.269 e. The van der Waals surface area contributed by atoms with Gasteiger partial charge in [-0.3, -0.25) is 25.0 Å². The topological polar surface area (TPSA) is 88.1 Å². The summed E-state index contributed by atoms with van der Waals surface area (Å²) < 4.78 is 2.51. The van der Waals surface area contributed by atoms with Crippen molar-refractivity contribution in [1.29, 1.82) is 0 Å². The van der Waals surface area contributed by atoms with Gasteiger partial charge in [0, 0.05) is 21.3 Å². The van der Waals surface area contributed by atoms with Gasteiger partial charge in [-0.25, -0.2) is 4.98 Å². The largest absolute Gasteiger partial charge is 0.331 e. The predicted octanol–water partition coefficient (Wildman–Crippen LogP) is 5.45. The smallest absolute Gasteiger partial charge is 0.269 e. The molecule has 0 aliphatic heterocycles. The molecule has 1 amide bonds. The summed E-state index contributed by atoms with van der Waals surface area (Å²) in [5.41, 5.74) is 8.29. The molecule has 0 aliphatic carbocycles. The van der Waals surface area contributed by atoms with Gasteiger partial charge < -0.3 is 5.32 Å². The minimum atomic E-state index is -0.376. The Bertz CT molecular complexity index is 1650. The summed E-state index contributed by atoms with van der Waals surface area (Å²) in [6, 6.07) is 31.0. The van der Waals surface area contributed by atoms with Crippen molar-refractivity contribution in [2.75, 3.05) is 5.32 Å². The molecule has 4 aromatic carbocycles. The minimum absolute atomic E-state index is 0.187. The molecule has 1 heterocycles. The number of fused-ring (bicyclic) bond motifs is 1. The van der Waals surface area contributed by atoms with Crippen molar-refractivity contribution < 1.29 is 4.79 Å². The van der Waals surface area contributed by atoms with Crippen molar-refractivity contribution in [3.05, 3.63) is 124 Å². The van der Waals surface area contributed by atoms with E-state index in [-0.39, 0.29) is 16.6 Å². The summed E-state index contributed by atoms with van der Waals surface area (Å²) in [6.45, 7) is 0. The van der Waals surface area contributed by atoms with Crippen LogP contribution in [0.15, 0.2) is 112 Å². The van der Waals surface area contributed by atoms with Gasteiger partial charge in [-0.15, -0.1) is 0 Å². The molecule has 0 aliphatic rings. The fourth-order valence-electron chi connectivity index (χ4n) is 3.80. The third kappa shape index (κ3) is 5.42. The highest BCUT2D eigenvalue weighted by atomic mass is 79.9. The number of halogens is 1. The molecule has 0 radical (unpaired) electrons. The number of nitrogens with zero attached hydrogens (tertiary/aromatic N) is 2. The molecule has 0 atom stereocenters. The van der Waals surface area contributed by atoms with Gasteiger partial charge in [0.15, 0.2) is 5.11 Å². The van der Waals surface area contributed by atoms with E-state index in [4.69, 9.17) is 17.2 Å². The minimum Gasteiger partial charge on any atom is -0.331 e. The zero-order chi connectivity index (χ0) is 25.8. The number of carbonyl (C=O) groups excluding carboxylic acids is 1. The number of rotatable bonds is 4. The fourth-order valence-corrected chi connectivity index (χ4v) is 4.23. The van der Waals surface area contributed by atoms with E-state index in [1.807, 2.05) is 72.8 Å². The summed E-state index contributed by atoms with van der Waals surface area (Å²) in [7, 11) is 0. The van der Waals surface area contributed by atoms with Crippen LogP contribution in [0.1, 0.15) is 10.4 Å². The first kappa shape index (κ1) is 24.4. The van der Waals surface area contributed by atoms with E-state index in [2.05, 4.69) is 32.1 Å². The lowest BCUT2D eigenvalue weighted by molar-refractivity contribution is 0.0944. The SMILES string of the molecule is O=C(NNC(=S)Nc1ccc(Br)cc1)c1ccc(-n2c(-c3ccccc3)nc3ccccc3c2=O)cc1. The van der Waals surface area contributed by atoms with E-state index in [9.17, 15) is 9.59 Å². The number of aromatic nitrogens is 2. The third-order valence-electron chi connectivity index (χ3n) is 5.59. The van der Waals surface area contributed by atoms with Crippen LogP contribution in [0.3, 0.4) is 0 Å². The Kier molecular flexibility index (Phi) is 7.07. The van der Waals surface area contributed by atoms with E-state index in [1.54, 1.807) is 34.9 Å². The predicted molar refractivity (Wildman–Crippen MR) is 154 cm³/mol. The number of benzene rings is 4. The van der Waals surface area contributed by atoms with Crippen LogP contribution in [0.5, 0.6) is 0 Å². The van der Waals surface area contributed by atoms with E-state index >= 15 is 0 Å². The molecule has 0 fully saturated rings. The molecule has 0 saturated carbocycles.